The molecule has 0 N–H and O–H groups in total. The highest BCUT2D eigenvalue weighted by molar-refractivity contribution is 8.00. The zero-order valence-electron chi connectivity index (χ0n) is 10.00. The molecule has 0 saturated heterocycles. The number of thioether (sulfide) groups is 1. The maximum atomic E-state index is 12.0. The number of fused-ring (bicyclic) bond motifs is 3. The van der Waals surface area contributed by atoms with Crippen LogP contribution < -0.4 is 0 Å². The number of nitrogens with zero attached hydrogens (tertiary/aromatic N) is 1. The molecule has 3 nitrogen and oxygen atoms in total. The first-order valence-corrected chi connectivity index (χ1v) is 6.79. The van der Waals surface area contributed by atoms with Crippen LogP contribution in [0.2, 0.25) is 0 Å². The summed E-state index contributed by atoms with van der Waals surface area (Å²) in [6.07, 6.45) is 1.99. The van der Waals surface area contributed by atoms with Crippen molar-refractivity contribution in [2.45, 2.75) is 17.1 Å². The summed E-state index contributed by atoms with van der Waals surface area (Å²) < 4.78 is 7.21. The highest BCUT2D eigenvalue weighted by Gasteiger charge is 2.31. The lowest BCUT2D eigenvalue weighted by Crippen LogP contribution is -2.19. The Kier molecular flexibility index (Phi) is 2.88. The molecule has 0 radical (unpaired) electrons. The van der Waals surface area contributed by atoms with Crippen molar-refractivity contribution in [3.63, 3.8) is 0 Å². The first-order valence-electron chi connectivity index (χ1n) is 5.91. The molecule has 0 fully saturated rings. The number of ether oxygens (including phenoxy) is 1. The van der Waals surface area contributed by atoms with Gasteiger partial charge in [0.05, 0.1) is 12.3 Å². The molecule has 1 aliphatic rings. The van der Waals surface area contributed by atoms with Crippen LogP contribution in [-0.2, 0) is 9.53 Å². The fourth-order valence-corrected chi connectivity index (χ4v) is 3.33. The van der Waals surface area contributed by atoms with Crippen molar-refractivity contribution in [3.05, 3.63) is 48.3 Å². The molecule has 1 unspecified atom stereocenters. The standard InChI is InChI=1S/C14H13NO2S/c1-2-17-14(16)13-11-7-5-9-15(11)10-6-3-4-8-12(10)18-13/h3-9,13H,2H2,1H3. The monoisotopic (exact) mass is 259 g/mol. The Morgan fingerprint density at radius 3 is 3.00 bits per heavy atom. The summed E-state index contributed by atoms with van der Waals surface area (Å²) in [7, 11) is 0. The second kappa shape index (κ2) is 4.53. The molecule has 2 heterocycles. The number of esters is 1. The number of rotatable bonds is 2. The van der Waals surface area contributed by atoms with Gasteiger partial charge in [0, 0.05) is 16.8 Å². The molecule has 0 spiro atoms. The average molecular weight is 259 g/mol. The predicted molar refractivity (Wildman–Crippen MR) is 71.0 cm³/mol. The van der Waals surface area contributed by atoms with Crippen LogP contribution in [-0.4, -0.2) is 17.1 Å². The van der Waals surface area contributed by atoms with Gasteiger partial charge in [0.2, 0.25) is 0 Å². The summed E-state index contributed by atoms with van der Waals surface area (Å²) in [6, 6.07) is 12.0. The lowest BCUT2D eigenvalue weighted by Gasteiger charge is -2.25. The third-order valence-electron chi connectivity index (χ3n) is 2.92. The van der Waals surface area contributed by atoms with Gasteiger partial charge in [-0.15, -0.1) is 11.8 Å². The molecule has 1 aromatic heterocycles. The third-order valence-corrected chi connectivity index (χ3v) is 4.19. The zero-order chi connectivity index (χ0) is 12.5. The van der Waals surface area contributed by atoms with E-state index in [0.717, 1.165) is 16.3 Å². The smallest absolute Gasteiger partial charge is 0.325 e. The van der Waals surface area contributed by atoms with Crippen LogP contribution in [0.4, 0.5) is 0 Å². The molecular formula is C14H13NO2S. The number of hydrogen-bond acceptors (Lipinski definition) is 3. The molecule has 0 aliphatic carbocycles. The van der Waals surface area contributed by atoms with Crippen LogP contribution in [0, 0.1) is 0 Å². The molecule has 3 rings (SSSR count). The van der Waals surface area contributed by atoms with Gasteiger partial charge >= 0.3 is 5.97 Å². The van der Waals surface area contributed by atoms with Crippen molar-refractivity contribution >= 4 is 17.7 Å². The molecule has 0 bridgehead atoms. The fraction of sp³-hybridized carbons (Fsp3) is 0.214. The molecule has 1 aromatic carbocycles. The number of aromatic nitrogens is 1. The summed E-state index contributed by atoms with van der Waals surface area (Å²) in [5.74, 6) is -0.169. The van der Waals surface area contributed by atoms with E-state index in [-0.39, 0.29) is 11.2 Å². The molecule has 1 aliphatic heterocycles. The molecule has 4 heteroatoms. The second-order valence-corrected chi connectivity index (χ2v) is 5.17. The highest BCUT2D eigenvalue weighted by Crippen LogP contribution is 2.44. The third kappa shape index (κ3) is 1.73. The maximum absolute atomic E-state index is 12.0. The minimum atomic E-state index is -0.269. The Balaban J connectivity index is 2.07. The highest BCUT2D eigenvalue weighted by atomic mass is 32.2. The molecule has 1 atom stereocenters. The van der Waals surface area contributed by atoms with Crippen LogP contribution in [0.15, 0.2) is 47.5 Å². The molecule has 0 amide bonds. The SMILES string of the molecule is CCOC(=O)C1Sc2ccccc2-n2cccc21. The van der Waals surface area contributed by atoms with Gasteiger partial charge in [-0.3, -0.25) is 4.79 Å². The summed E-state index contributed by atoms with van der Waals surface area (Å²) in [5, 5.41) is -0.269. The van der Waals surface area contributed by atoms with Crippen molar-refractivity contribution in [3.8, 4) is 5.69 Å². The fourth-order valence-electron chi connectivity index (χ4n) is 2.16. The van der Waals surface area contributed by atoms with Gasteiger partial charge < -0.3 is 9.30 Å². The van der Waals surface area contributed by atoms with Gasteiger partial charge in [0.15, 0.2) is 0 Å². The maximum Gasteiger partial charge on any atom is 0.325 e. The molecular weight excluding hydrogens is 246 g/mol. The van der Waals surface area contributed by atoms with Crippen molar-refractivity contribution in [1.29, 1.82) is 0 Å². The van der Waals surface area contributed by atoms with E-state index in [1.165, 1.54) is 0 Å². The van der Waals surface area contributed by atoms with Crippen LogP contribution >= 0.6 is 11.8 Å². The minimum Gasteiger partial charge on any atom is -0.465 e. The number of benzene rings is 1. The zero-order valence-corrected chi connectivity index (χ0v) is 10.8. The topological polar surface area (TPSA) is 31.2 Å². The van der Waals surface area contributed by atoms with E-state index in [1.807, 2.05) is 43.5 Å². The normalized spacial score (nSPS) is 16.8. The first kappa shape index (κ1) is 11.4. The Bertz CT molecular complexity index is 591. The number of para-hydroxylation sites is 1. The summed E-state index contributed by atoms with van der Waals surface area (Å²) in [4.78, 5) is 13.1. The Hall–Kier alpha value is -1.68. The van der Waals surface area contributed by atoms with E-state index < -0.39 is 0 Å². The number of carbonyl (C=O) groups is 1. The van der Waals surface area contributed by atoms with Gasteiger partial charge in [-0.2, -0.15) is 0 Å². The van der Waals surface area contributed by atoms with Crippen molar-refractivity contribution < 1.29 is 9.53 Å². The van der Waals surface area contributed by atoms with Crippen LogP contribution in [0.1, 0.15) is 17.9 Å². The molecule has 0 saturated carbocycles. The van der Waals surface area contributed by atoms with Crippen molar-refractivity contribution in [1.82, 2.24) is 4.57 Å². The van der Waals surface area contributed by atoms with Crippen LogP contribution in [0.5, 0.6) is 0 Å². The lowest BCUT2D eigenvalue weighted by molar-refractivity contribution is -0.142. The lowest BCUT2D eigenvalue weighted by atomic mass is 10.2. The number of carbonyl (C=O) groups excluding carboxylic acids is 1. The van der Waals surface area contributed by atoms with Gasteiger partial charge in [0.1, 0.15) is 5.25 Å². The van der Waals surface area contributed by atoms with Gasteiger partial charge in [-0.1, -0.05) is 12.1 Å². The van der Waals surface area contributed by atoms with Crippen LogP contribution in [0.3, 0.4) is 0 Å². The van der Waals surface area contributed by atoms with E-state index in [0.29, 0.717) is 6.61 Å². The Morgan fingerprint density at radius 2 is 2.17 bits per heavy atom. The molecule has 2 aromatic rings. The second-order valence-electron chi connectivity index (χ2n) is 4.02. The van der Waals surface area contributed by atoms with E-state index in [4.69, 9.17) is 4.74 Å². The largest absolute Gasteiger partial charge is 0.465 e. The van der Waals surface area contributed by atoms with Crippen molar-refractivity contribution in [2.24, 2.45) is 0 Å². The minimum absolute atomic E-state index is 0.169. The van der Waals surface area contributed by atoms with Gasteiger partial charge in [-0.25, -0.2) is 0 Å². The number of hydrogen-bond donors (Lipinski definition) is 0. The Labute approximate surface area is 110 Å². The van der Waals surface area contributed by atoms with E-state index in [1.54, 1.807) is 11.8 Å². The average Bonchev–Trinajstić information content (AvgIpc) is 2.87. The molecule has 18 heavy (non-hydrogen) atoms. The van der Waals surface area contributed by atoms with Crippen molar-refractivity contribution in [2.75, 3.05) is 6.61 Å². The quantitative estimate of drug-likeness (QED) is 0.776. The van der Waals surface area contributed by atoms with Gasteiger partial charge in [0.25, 0.3) is 0 Å². The van der Waals surface area contributed by atoms with E-state index >= 15 is 0 Å². The van der Waals surface area contributed by atoms with E-state index in [9.17, 15) is 4.79 Å². The van der Waals surface area contributed by atoms with Gasteiger partial charge in [-0.05, 0) is 31.2 Å². The molecule has 92 valence electrons. The first-order chi connectivity index (χ1) is 8.81. The summed E-state index contributed by atoms with van der Waals surface area (Å²) in [5.41, 5.74) is 2.11. The summed E-state index contributed by atoms with van der Waals surface area (Å²) >= 11 is 1.56. The Morgan fingerprint density at radius 1 is 1.33 bits per heavy atom. The van der Waals surface area contributed by atoms with Crippen LogP contribution in [0.25, 0.3) is 5.69 Å². The van der Waals surface area contributed by atoms with E-state index in [2.05, 4.69) is 10.6 Å². The summed E-state index contributed by atoms with van der Waals surface area (Å²) in [6.45, 7) is 2.25. The predicted octanol–water partition coefficient (Wildman–Crippen LogP) is 3.19.